The largest absolute Gasteiger partial charge is 0.356 e. The van der Waals surface area contributed by atoms with Crippen LogP contribution in [-0.4, -0.2) is 25.0 Å². The molecule has 118 valence electrons. The molecule has 4 bridgehead atoms. The van der Waals surface area contributed by atoms with Gasteiger partial charge in [0.15, 0.2) is 0 Å². The van der Waals surface area contributed by atoms with Crippen LogP contribution in [0.3, 0.4) is 0 Å². The summed E-state index contributed by atoms with van der Waals surface area (Å²) in [5.74, 6) is 3.17. The van der Waals surface area contributed by atoms with Crippen molar-refractivity contribution in [2.75, 3.05) is 13.1 Å². The molecule has 0 aromatic rings. The lowest BCUT2D eigenvalue weighted by Crippen LogP contribution is -2.48. The van der Waals surface area contributed by atoms with E-state index >= 15 is 0 Å². The van der Waals surface area contributed by atoms with Gasteiger partial charge in [0.25, 0.3) is 0 Å². The summed E-state index contributed by atoms with van der Waals surface area (Å²) in [5.41, 5.74) is 0.394. The molecule has 5 fully saturated rings. The van der Waals surface area contributed by atoms with E-state index < -0.39 is 0 Å². The van der Waals surface area contributed by atoms with Crippen LogP contribution in [0.5, 0.6) is 0 Å². The average Bonchev–Trinajstić information content (AvgIpc) is 3.20. The van der Waals surface area contributed by atoms with Gasteiger partial charge in [0.05, 0.1) is 0 Å². The monoisotopic (exact) mass is 290 g/mol. The predicted molar refractivity (Wildman–Crippen MR) is 83.9 cm³/mol. The van der Waals surface area contributed by atoms with Crippen LogP contribution in [0.1, 0.15) is 64.2 Å². The predicted octanol–water partition coefficient (Wildman–Crippen LogP) is 2.85. The minimum atomic E-state index is 0.323. The molecule has 0 saturated heterocycles. The highest BCUT2D eigenvalue weighted by atomic mass is 16.1. The highest BCUT2D eigenvalue weighted by molar-refractivity contribution is 5.76. The smallest absolute Gasteiger partial charge is 0.220 e. The molecular weight excluding hydrogens is 260 g/mol. The maximum Gasteiger partial charge on any atom is 0.220 e. The third-order valence-corrected chi connectivity index (χ3v) is 6.39. The molecule has 0 radical (unpaired) electrons. The van der Waals surface area contributed by atoms with Crippen LogP contribution in [0, 0.1) is 23.2 Å². The van der Waals surface area contributed by atoms with Crippen LogP contribution in [0.15, 0.2) is 0 Å². The summed E-state index contributed by atoms with van der Waals surface area (Å²) in [6, 6.07) is 0.785. The van der Waals surface area contributed by atoms with Crippen molar-refractivity contribution in [2.24, 2.45) is 23.2 Å². The van der Waals surface area contributed by atoms with Gasteiger partial charge in [-0.25, -0.2) is 0 Å². The average molecular weight is 290 g/mol. The summed E-state index contributed by atoms with van der Waals surface area (Å²) in [6.45, 7) is 1.91. The fraction of sp³-hybridized carbons (Fsp3) is 0.944. The van der Waals surface area contributed by atoms with Gasteiger partial charge in [-0.2, -0.15) is 0 Å². The first-order chi connectivity index (χ1) is 10.2. The second-order valence-corrected chi connectivity index (χ2v) is 8.53. The van der Waals surface area contributed by atoms with E-state index in [0.29, 0.717) is 11.3 Å². The Morgan fingerprint density at radius 2 is 1.57 bits per heavy atom. The second kappa shape index (κ2) is 5.57. The zero-order valence-corrected chi connectivity index (χ0v) is 13.2. The summed E-state index contributed by atoms with van der Waals surface area (Å²) in [6.07, 6.45) is 13.0. The van der Waals surface area contributed by atoms with Gasteiger partial charge in [0, 0.05) is 19.0 Å². The first kappa shape index (κ1) is 14.0. The van der Waals surface area contributed by atoms with Crippen molar-refractivity contribution < 1.29 is 4.79 Å². The maximum atomic E-state index is 12.3. The minimum absolute atomic E-state index is 0.323. The standard InChI is InChI=1S/C18H30N2O/c21-17(20-5-1-4-19-16-2-3-16)12-18-9-13-6-14(10-18)8-15(7-13)11-18/h13-16,19H,1-12H2,(H,20,21). The Hall–Kier alpha value is -0.570. The summed E-state index contributed by atoms with van der Waals surface area (Å²) >= 11 is 0. The molecule has 5 saturated carbocycles. The van der Waals surface area contributed by atoms with Gasteiger partial charge in [-0.3, -0.25) is 4.79 Å². The van der Waals surface area contributed by atoms with E-state index in [4.69, 9.17) is 0 Å². The second-order valence-electron chi connectivity index (χ2n) is 8.53. The van der Waals surface area contributed by atoms with Crippen molar-refractivity contribution >= 4 is 5.91 Å². The quantitative estimate of drug-likeness (QED) is 0.708. The Kier molecular flexibility index (Phi) is 3.72. The Morgan fingerprint density at radius 3 is 2.14 bits per heavy atom. The Morgan fingerprint density at radius 1 is 0.952 bits per heavy atom. The SMILES string of the molecule is O=C(CC12CC3CC(CC(C3)C1)C2)NCCCNC1CC1. The molecule has 5 rings (SSSR count). The van der Waals surface area contributed by atoms with E-state index in [1.54, 1.807) is 0 Å². The van der Waals surface area contributed by atoms with E-state index in [0.717, 1.165) is 49.7 Å². The van der Waals surface area contributed by atoms with Crippen molar-refractivity contribution in [2.45, 2.75) is 70.3 Å². The lowest BCUT2D eigenvalue weighted by atomic mass is 9.49. The topological polar surface area (TPSA) is 41.1 Å². The molecule has 5 aliphatic rings. The lowest BCUT2D eigenvalue weighted by Gasteiger charge is -2.56. The molecular formula is C18H30N2O. The van der Waals surface area contributed by atoms with Crippen molar-refractivity contribution in [1.82, 2.24) is 10.6 Å². The van der Waals surface area contributed by atoms with Gasteiger partial charge in [0.2, 0.25) is 5.91 Å². The van der Waals surface area contributed by atoms with Crippen molar-refractivity contribution in [3.8, 4) is 0 Å². The number of carbonyl (C=O) groups is 1. The first-order valence-electron chi connectivity index (χ1n) is 9.21. The third-order valence-electron chi connectivity index (χ3n) is 6.39. The fourth-order valence-electron chi connectivity index (χ4n) is 5.82. The zero-order chi connectivity index (χ0) is 14.3. The molecule has 0 aliphatic heterocycles. The van der Waals surface area contributed by atoms with E-state index in [1.807, 2.05) is 0 Å². The number of rotatable bonds is 7. The first-order valence-corrected chi connectivity index (χ1v) is 9.21. The van der Waals surface area contributed by atoms with Crippen LogP contribution in [0.4, 0.5) is 0 Å². The van der Waals surface area contributed by atoms with E-state index in [-0.39, 0.29) is 0 Å². The molecule has 0 unspecified atom stereocenters. The van der Waals surface area contributed by atoms with E-state index in [1.165, 1.54) is 51.4 Å². The molecule has 3 heteroatoms. The fourth-order valence-corrected chi connectivity index (χ4v) is 5.82. The van der Waals surface area contributed by atoms with Gasteiger partial charge < -0.3 is 10.6 Å². The van der Waals surface area contributed by atoms with Crippen LogP contribution >= 0.6 is 0 Å². The van der Waals surface area contributed by atoms with Crippen molar-refractivity contribution in [3.63, 3.8) is 0 Å². The van der Waals surface area contributed by atoms with Crippen LogP contribution in [0.2, 0.25) is 0 Å². The third kappa shape index (κ3) is 3.28. The Balaban J connectivity index is 1.21. The van der Waals surface area contributed by atoms with Crippen LogP contribution < -0.4 is 10.6 Å². The van der Waals surface area contributed by atoms with Gasteiger partial charge >= 0.3 is 0 Å². The Labute approximate surface area is 128 Å². The summed E-state index contributed by atoms with van der Waals surface area (Å²) in [5, 5.41) is 6.68. The van der Waals surface area contributed by atoms with Gasteiger partial charge in [0.1, 0.15) is 0 Å². The number of carbonyl (C=O) groups excluding carboxylic acids is 1. The van der Waals surface area contributed by atoms with Crippen molar-refractivity contribution in [3.05, 3.63) is 0 Å². The van der Waals surface area contributed by atoms with Gasteiger partial charge in [-0.15, -0.1) is 0 Å². The zero-order valence-electron chi connectivity index (χ0n) is 13.2. The molecule has 0 spiro atoms. The number of hydrogen-bond acceptors (Lipinski definition) is 2. The highest BCUT2D eigenvalue weighted by Crippen LogP contribution is 2.61. The normalized spacial score (nSPS) is 40.5. The number of hydrogen-bond donors (Lipinski definition) is 2. The highest BCUT2D eigenvalue weighted by Gasteiger charge is 2.51. The van der Waals surface area contributed by atoms with Crippen LogP contribution in [-0.2, 0) is 4.79 Å². The molecule has 1 amide bonds. The molecule has 0 aromatic heterocycles. The van der Waals surface area contributed by atoms with Gasteiger partial charge in [-0.05, 0) is 87.5 Å². The van der Waals surface area contributed by atoms with E-state index in [2.05, 4.69) is 10.6 Å². The summed E-state index contributed by atoms with van der Waals surface area (Å²) < 4.78 is 0. The van der Waals surface area contributed by atoms with Crippen molar-refractivity contribution in [1.29, 1.82) is 0 Å². The molecule has 5 aliphatic carbocycles. The summed E-state index contributed by atoms with van der Waals surface area (Å²) in [7, 11) is 0. The number of amides is 1. The molecule has 21 heavy (non-hydrogen) atoms. The maximum absolute atomic E-state index is 12.3. The minimum Gasteiger partial charge on any atom is -0.356 e. The summed E-state index contributed by atoms with van der Waals surface area (Å²) in [4.78, 5) is 12.3. The van der Waals surface area contributed by atoms with Gasteiger partial charge in [-0.1, -0.05) is 0 Å². The molecule has 3 nitrogen and oxygen atoms in total. The molecule has 2 N–H and O–H groups in total. The molecule has 0 aromatic carbocycles. The molecule has 0 atom stereocenters. The van der Waals surface area contributed by atoms with Crippen LogP contribution in [0.25, 0.3) is 0 Å². The lowest BCUT2D eigenvalue weighted by molar-refractivity contribution is -0.129. The number of nitrogens with one attached hydrogen (secondary N) is 2. The van der Waals surface area contributed by atoms with E-state index in [9.17, 15) is 4.79 Å². The Bertz CT molecular complexity index is 367. The molecule has 0 heterocycles.